The molecule has 1 unspecified atom stereocenters. The first kappa shape index (κ1) is 12.0. The molecular weight excluding hydrogens is 196 g/mol. The van der Waals surface area contributed by atoms with Crippen LogP contribution in [0.25, 0.3) is 0 Å². The molecule has 0 amide bonds. The lowest BCUT2D eigenvalue weighted by molar-refractivity contribution is 1.13. The lowest BCUT2D eigenvalue weighted by atomic mass is 10.1. The van der Waals surface area contributed by atoms with E-state index in [-0.39, 0.29) is 0 Å². The van der Waals surface area contributed by atoms with Crippen LogP contribution in [0, 0.1) is 0 Å². The fourth-order valence-electron chi connectivity index (χ4n) is 1.75. The van der Waals surface area contributed by atoms with Gasteiger partial charge in [-0.1, -0.05) is 74.8 Å². The molecule has 0 saturated carbocycles. The zero-order valence-electron chi connectivity index (χ0n) is 9.90. The molecule has 1 atom stereocenters. The lowest BCUT2D eigenvalue weighted by Gasteiger charge is -2.26. The van der Waals surface area contributed by atoms with Crippen molar-refractivity contribution in [1.82, 2.24) is 0 Å². The first-order valence-corrected chi connectivity index (χ1v) is 8.97. The number of hydrogen-bond acceptors (Lipinski definition) is 0. The summed E-state index contributed by atoms with van der Waals surface area (Å²) in [5, 5.41) is 0. The average Bonchev–Trinajstić information content (AvgIpc) is 2.18. The van der Waals surface area contributed by atoms with Crippen molar-refractivity contribution in [3.05, 3.63) is 60.7 Å². The summed E-state index contributed by atoms with van der Waals surface area (Å²) in [5.41, 5.74) is 2.01. The molecule has 0 nitrogen and oxygen atoms in total. The van der Waals surface area contributed by atoms with Crippen molar-refractivity contribution in [2.75, 3.05) is 0 Å². The van der Waals surface area contributed by atoms with Crippen molar-refractivity contribution in [3.63, 3.8) is 0 Å². The van der Waals surface area contributed by atoms with E-state index < -0.39 is 8.07 Å². The van der Waals surface area contributed by atoms with Gasteiger partial charge in [-0.2, -0.15) is 0 Å². The zero-order valence-corrected chi connectivity index (χ0v) is 10.9. The van der Waals surface area contributed by atoms with Crippen LogP contribution < -0.4 is 0 Å². The Labute approximate surface area is 94.4 Å². The van der Waals surface area contributed by atoms with E-state index >= 15 is 0 Å². The Bertz CT molecular complexity index is 330. The summed E-state index contributed by atoms with van der Waals surface area (Å²) < 4.78 is 0. The van der Waals surface area contributed by atoms with Gasteiger partial charge in [0.05, 0.1) is 8.07 Å². The monoisotopic (exact) mass is 216 g/mol. The smallest absolute Gasteiger partial charge is 0.0565 e. The molecule has 0 bridgehead atoms. The Morgan fingerprint density at radius 1 is 1.13 bits per heavy atom. The highest BCUT2D eigenvalue weighted by atomic mass is 28.3. The number of allylic oxidation sites excluding steroid dienone is 3. The summed E-state index contributed by atoms with van der Waals surface area (Å²) in [5.74, 6) is 0. The van der Waals surface area contributed by atoms with Gasteiger partial charge >= 0.3 is 0 Å². The van der Waals surface area contributed by atoms with Crippen LogP contribution in [0.15, 0.2) is 55.1 Å². The summed E-state index contributed by atoms with van der Waals surface area (Å²) in [6.45, 7) is 10.9. The van der Waals surface area contributed by atoms with Crippen LogP contribution in [-0.4, -0.2) is 8.07 Å². The Kier molecular flexibility index (Phi) is 4.10. The van der Waals surface area contributed by atoms with Crippen LogP contribution in [-0.2, 0) is 0 Å². The first-order chi connectivity index (χ1) is 7.05. The van der Waals surface area contributed by atoms with Crippen molar-refractivity contribution in [1.29, 1.82) is 0 Å². The van der Waals surface area contributed by atoms with Crippen molar-refractivity contribution in [2.24, 2.45) is 0 Å². The highest BCUT2D eigenvalue weighted by Crippen LogP contribution is 2.28. The molecule has 0 N–H and O–H groups in total. The molecule has 1 heteroatoms. The maximum absolute atomic E-state index is 3.74. The van der Waals surface area contributed by atoms with E-state index in [4.69, 9.17) is 0 Å². The largest absolute Gasteiger partial charge is 0.0991 e. The third-order valence-electron chi connectivity index (χ3n) is 2.53. The summed E-state index contributed by atoms with van der Waals surface area (Å²) in [7, 11) is -1.20. The summed E-state index contributed by atoms with van der Waals surface area (Å²) >= 11 is 0. The third-order valence-corrected chi connectivity index (χ3v) is 4.92. The van der Waals surface area contributed by atoms with Crippen molar-refractivity contribution < 1.29 is 0 Å². The Morgan fingerprint density at radius 2 is 1.73 bits per heavy atom. The van der Waals surface area contributed by atoms with Crippen molar-refractivity contribution >= 4 is 8.07 Å². The predicted molar refractivity (Wildman–Crippen MR) is 71.9 cm³/mol. The minimum atomic E-state index is -1.20. The van der Waals surface area contributed by atoms with Gasteiger partial charge in [0.25, 0.3) is 0 Å². The molecule has 0 aliphatic carbocycles. The second kappa shape index (κ2) is 5.13. The normalized spacial score (nSPS) is 14.1. The Morgan fingerprint density at radius 3 is 2.20 bits per heavy atom. The van der Waals surface area contributed by atoms with Gasteiger partial charge in [0.15, 0.2) is 0 Å². The quantitative estimate of drug-likeness (QED) is 0.517. The highest BCUT2D eigenvalue weighted by molar-refractivity contribution is 6.78. The van der Waals surface area contributed by atoms with Crippen LogP contribution in [0.5, 0.6) is 0 Å². The molecule has 0 aliphatic heterocycles. The van der Waals surface area contributed by atoms with E-state index in [1.54, 1.807) is 0 Å². The SMILES string of the molecule is C=C/C=C\C(c1ccccc1)[Si](C)(C)C. The van der Waals surface area contributed by atoms with Gasteiger partial charge in [-0.25, -0.2) is 0 Å². The van der Waals surface area contributed by atoms with E-state index in [1.165, 1.54) is 5.56 Å². The Balaban J connectivity index is 3.02. The highest BCUT2D eigenvalue weighted by Gasteiger charge is 2.25. The van der Waals surface area contributed by atoms with Crippen LogP contribution in [0.2, 0.25) is 19.6 Å². The standard InChI is InChI=1S/C14H20Si/c1-5-6-12-14(15(2,3)4)13-10-8-7-9-11-13/h5-12,14H,1H2,2-4H3/b12-6-. The van der Waals surface area contributed by atoms with E-state index in [0.717, 1.165) is 0 Å². The van der Waals surface area contributed by atoms with E-state index in [0.29, 0.717) is 5.54 Å². The fraction of sp³-hybridized carbons (Fsp3) is 0.286. The maximum Gasteiger partial charge on any atom is 0.0565 e. The Hall–Kier alpha value is -1.08. The van der Waals surface area contributed by atoms with Gasteiger partial charge < -0.3 is 0 Å². The van der Waals surface area contributed by atoms with Crippen LogP contribution in [0.1, 0.15) is 11.1 Å². The van der Waals surface area contributed by atoms with Crippen molar-refractivity contribution in [2.45, 2.75) is 25.2 Å². The summed E-state index contributed by atoms with van der Waals surface area (Å²) in [6, 6.07) is 10.7. The van der Waals surface area contributed by atoms with Crippen LogP contribution in [0.4, 0.5) is 0 Å². The minimum absolute atomic E-state index is 0.580. The van der Waals surface area contributed by atoms with Crippen LogP contribution in [0.3, 0.4) is 0 Å². The number of hydrogen-bond donors (Lipinski definition) is 0. The van der Waals surface area contributed by atoms with E-state index in [1.807, 2.05) is 6.08 Å². The van der Waals surface area contributed by atoms with Gasteiger partial charge in [-0.15, -0.1) is 0 Å². The molecule has 1 aromatic carbocycles. The molecule has 0 saturated heterocycles. The van der Waals surface area contributed by atoms with E-state index in [2.05, 4.69) is 68.7 Å². The summed E-state index contributed by atoms with van der Waals surface area (Å²) in [4.78, 5) is 0. The van der Waals surface area contributed by atoms with Crippen LogP contribution >= 0.6 is 0 Å². The molecule has 0 aromatic heterocycles. The zero-order chi connectivity index (χ0) is 11.3. The number of rotatable bonds is 4. The number of benzene rings is 1. The molecular formula is C14H20Si. The van der Waals surface area contributed by atoms with Gasteiger partial charge in [0.1, 0.15) is 0 Å². The lowest BCUT2D eigenvalue weighted by Crippen LogP contribution is -2.29. The van der Waals surface area contributed by atoms with Crippen molar-refractivity contribution in [3.8, 4) is 0 Å². The minimum Gasteiger partial charge on any atom is -0.0991 e. The molecule has 1 rings (SSSR count). The van der Waals surface area contributed by atoms with Gasteiger partial charge in [0, 0.05) is 0 Å². The molecule has 1 aromatic rings. The summed E-state index contributed by atoms with van der Waals surface area (Å²) in [6.07, 6.45) is 6.21. The van der Waals surface area contributed by atoms with Gasteiger partial charge in [0.2, 0.25) is 0 Å². The van der Waals surface area contributed by atoms with E-state index in [9.17, 15) is 0 Å². The average molecular weight is 216 g/mol. The predicted octanol–water partition coefficient (Wildman–Crippen LogP) is 4.39. The van der Waals surface area contributed by atoms with Gasteiger partial charge in [-0.05, 0) is 11.1 Å². The third kappa shape index (κ3) is 3.52. The molecule has 80 valence electrons. The molecule has 0 spiro atoms. The molecule has 0 radical (unpaired) electrons. The maximum atomic E-state index is 3.74. The second-order valence-corrected chi connectivity index (χ2v) is 10.2. The van der Waals surface area contributed by atoms with Gasteiger partial charge in [-0.3, -0.25) is 0 Å². The first-order valence-electron chi connectivity index (χ1n) is 5.40. The second-order valence-electron chi connectivity index (χ2n) is 4.87. The molecule has 0 heterocycles. The topological polar surface area (TPSA) is 0 Å². The molecule has 0 aliphatic rings. The molecule has 0 fully saturated rings. The molecule has 15 heavy (non-hydrogen) atoms. The fourth-order valence-corrected chi connectivity index (χ4v) is 3.63.